The highest BCUT2D eigenvalue weighted by atomic mass is 33.1. The van der Waals surface area contributed by atoms with Crippen molar-refractivity contribution in [2.75, 3.05) is 63.1 Å². The van der Waals surface area contributed by atoms with Crippen LogP contribution < -0.4 is 53.2 Å². The Kier molecular flexibility index (Phi) is 40.7. The smallest absolute Gasteiger partial charge is 0.408 e. The minimum Gasteiger partial charge on any atom is -0.444 e. The van der Waals surface area contributed by atoms with Crippen LogP contribution in [-0.4, -0.2) is 194 Å². The topological polar surface area (TPSA) is 362 Å². The summed E-state index contributed by atoms with van der Waals surface area (Å²) in [4.78, 5) is 169. The second-order valence-electron chi connectivity index (χ2n) is 28.6. The van der Waals surface area contributed by atoms with Crippen LogP contribution >= 0.6 is 33.3 Å². The molecule has 0 aliphatic rings. The summed E-state index contributed by atoms with van der Waals surface area (Å²) in [6.07, 6.45) is 1.25. The number of aryl methyl sites for hydroxylation is 1. The Morgan fingerprint density at radius 1 is 0.464 bits per heavy atom. The lowest BCUT2D eigenvalue weighted by Crippen LogP contribution is -2.62. The fourth-order valence-electron chi connectivity index (χ4n) is 11.8. The molecule has 1 unspecified atom stereocenters. The maximum atomic E-state index is 15.5. The second-order valence-corrected chi connectivity index (χ2v) is 32.3. The number of Topliss-reactive ketones (excluding diaryl/α,β-unsaturated/α-hetero) is 2. The summed E-state index contributed by atoms with van der Waals surface area (Å²) < 4.78 is 23.8. The summed E-state index contributed by atoms with van der Waals surface area (Å²) in [7, 11) is 2.99. The van der Waals surface area contributed by atoms with Gasteiger partial charge in [-0.2, -0.15) is 11.8 Å². The van der Waals surface area contributed by atoms with Crippen LogP contribution in [0.5, 0.6) is 0 Å². The number of nitrogens with one attached hydrogen (secondary N) is 10. The molecule has 0 spiro atoms. The van der Waals surface area contributed by atoms with E-state index in [4.69, 9.17) is 18.9 Å². The first kappa shape index (κ1) is 93.5. The maximum Gasteiger partial charge on any atom is 0.408 e. The van der Waals surface area contributed by atoms with E-state index in [0.717, 1.165) is 11.3 Å². The molecule has 10 amide bonds. The van der Waals surface area contributed by atoms with E-state index in [0.29, 0.717) is 52.2 Å². The quantitative estimate of drug-likeness (QED) is 0.0102. The molecule has 0 heterocycles. The third-order valence-corrected chi connectivity index (χ3v) is 21.1. The van der Waals surface area contributed by atoms with Crippen molar-refractivity contribution in [3.63, 3.8) is 0 Å². The average molecular weight is 1600 g/mol. The molecule has 0 bridgehead atoms. The normalized spacial score (nSPS) is 14.1. The van der Waals surface area contributed by atoms with E-state index >= 15 is 14.4 Å². The Hall–Kier alpha value is -9.13. The van der Waals surface area contributed by atoms with Gasteiger partial charge >= 0.3 is 6.09 Å². The first-order chi connectivity index (χ1) is 53.4. The molecule has 0 fully saturated rings. The van der Waals surface area contributed by atoms with Crippen LogP contribution in [0.2, 0.25) is 0 Å². The van der Waals surface area contributed by atoms with Gasteiger partial charge in [-0.25, -0.2) is 4.79 Å². The highest BCUT2D eigenvalue weighted by Gasteiger charge is 2.42. The van der Waals surface area contributed by atoms with Crippen LogP contribution in [0.4, 0.5) is 4.79 Å². The number of hydrogen-bond donors (Lipinski definition) is 10. The van der Waals surface area contributed by atoms with Crippen LogP contribution in [0.15, 0.2) is 146 Å². The van der Waals surface area contributed by atoms with E-state index in [1.54, 1.807) is 102 Å². The van der Waals surface area contributed by atoms with Crippen molar-refractivity contribution >= 4 is 104 Å². The minimum absolute atomic E-state index is 0.00173. The highest BCUT2D eigenvalue weighted by molar-refractivity contribution is 8.76. The Morgan fingerprint density at radius 2 is 0.938 bits per heavy atom. The number of ketones is 2. The molecule has 0 saturated heterocycles. The minimum atomic E-state index is -1.73. The SMILES string of the molecule is CCSSC[C@H](NC(=O)OC(C)(C)C)C(=O)NCCOCCOCC(=O)N[C@@H](Cc1ccc(C)cc1)C(=O)N[C@@H](CC)C(=O)N[C@H](C(=O)N[C@@H](COC(c1ccccc1)(c1ccccc1)c1ccccc1)C(=O)N[C@@H](CC(C)=O)C(=O)N[C@@H](Cc1ccccc1)C(=O)N[C@H](C(=O)N[C@@H](CCSC)C(C)=O)C(C)CC)C(C)C. The summed E-state index contributed by atoms with van der Waals surface area (Å²) in [6, 6.07) is 32.0. The number of alkyl carbamates (subject to hydrolysis) is 1. The molecule has 26 nitrogen and oxygen atoms in total. The molecular formula is C83H114N10O16S3. The summed E-state index contributed by atoms with van der Waals surface area (Å²) in [5.74, 6) is -7.11. The monoisotopic (exact) mass is 1600 g/mol. The summed E-state index contributed by atoms with van der Waals surface area (Å²) in [6.45, 7) is 19.3. The summed E-state index contributed by atoms with van der Waals surface area (Å²) in [5.41, 5.74) is 1.88. The van der Waals surface area contributed by atoms with Crippen molar-refractivity contribution in [3.05, 3.63) is 179 Å². The van der Waals surface area contributed by atoms with E-state index in [2.05, 4.69) is 53.2 Å². The van der Waals surface area contributed by atoms with Crippen molar-refractivity contribution in [2.24, 2.45) is 11.8 Å². The van der Waals surface area contributed by atoms with Crippen LogP contribution in [0, 0.1) is 18.8 Å². The van der Waals surface area contributed by atoms with Crippen molar-refractivity contribution in [1.82, 2.24) is 53.2 Å². The zero-order valence-corrected chi connectivity index (χ0v) is 69.0. The highest BCUT2D eigenvalue weighted by Crippen LogP contribution is 2.41. The molecule has 0 aliphatic carbocycles. The van der Waals surface area contributed by atoms with Crippen LogP contribution in [0.25, 0.3) is 0 Å². The van der Waals surface area contributed by atoms with Gasteiger partial charge in [-0.05, 0) is 106 Å². The lowest BCUT2D eigenvalue weighted by molar-refractivity contribution is -0.138. The molecule has 5 aromatic rings. The molecular weight excluding hydrogens is 1490 g/mol. The first-order valence-corrected chi connectivity index (χ1v) is 41.8. The Morgan fingerprint density at radius 3 is 1.46 bits per heavy atom. The van der Waals surface area contributed by atoms with Gasteiger partial charge in [0.05, 0.1) is 32.5 Å². The standard InChI is InChI=1S/C83H114N10O16S3/c1-14-55(7)72(80(104)87-64(57(9)95)41-46-110-13)93-77(101)67(48-58-29-21-17-22-30-58)89-75(99)65(47-56(8)94)88-78(102)68(50-108-83(60-31-23-18-24-32-60,61-33-25-19-26-34-61)62-35-27-20-28-36-62)90-79(103)71(53(4)5)92-74(98)63(15-2)86-76(100)66(49-59-39-37-54(6)38-40-59)85-70(96)51-107-45-44-106-43-42-84-73(97)69(52-112-111-16-3)91-81(105)109-82(10,11)12/h17-40,53,55,63-69,71-72H,14-16,41-52H2,1-13H3,(H,84,97)(H,85,96)(H,86,100)(H,87,104)(H,88,102)(H,89,99)(H,90,103)(H,91,105)(H,92,98)(H,93,101)/t55?,63-,64-,65-,66-,67-,68-,69-,71-,72-/m0/s1. The van der Waals surface area contributed by atoms with Gasteiger partial charge in [-0.3, -0.25) is 52.7 Å². The first-order valence-electron chi connectivity index (χ1n) is 37.9. The lowest BCUT2D eigenvalue weighted by Gasteiger charge is -2.37. The van der Waals surface area contributed by atoms with Crippen molar-refractivity contribution in [3.8, 4) is 0 Å². The molecule has 10 atom stereocenters. The van der Waals surface area contributed by atoms with Gasteiger partial charge in [0, 0.05) is 37.3 Å². The number of carbonyl (C=O) groups is 12. The van der Waals surface area contributed by atoms with E-state index in [1.165, 1.54) is 36.4 Å². The van der Waals surface area contributed by atoms with Crippen LogP contribution in [0.3, 0.4) is 0 Å². The molecule has 610 valence electrons. The molecule has 0 radical (unpaired) electrons. The Balaban J connectivity index is 1.41. The van der Waals surface area contributed by atoms with E-state index in [-0.39, 0.29) is 51.4 Å². The largest absolute Gasteiger partial charge is 0.444 e. The van der Waals surface area contributed by atoms with Gasteiger partial charge in [0.25, 0.3) is 0 Å². The van der Waals surface area contributed by atoms with Crippen molar-refractivity contribution < 1.29 is 76.5 Å². The summed E-state index contributed by atoms with van der Waals surface area (Å²) >= 11 is 1.51. The molecule has 112 heavy (non-hydrogen) atoms. The van der Waals surface area contributed by atoms with Gasteiger partial charge < -0.3 is 72.1 Å². The van der Waals surface area contributed by atoms with Crippen LogP contribution in [-0.2, 0) is 90.1 Å². The zero-order valence-electron chi connectivity index (χ0n) is 66.6. The molecule has 5 aromatic carbocycles. The third kappa shape index (κ3) is 31.8. The lowest BCUT2D eigenvalue weighted by atomic mass is 9.80. The molecule has 0 aromatic heterocycles. The number of amides is 10. The predicted octanol–water partition coefficient (Wildman–Crippen LogP) is 7.54. The van der Waals surface area contributed by atoms with Gasteiger partial charge in [0.1, 0.15) is 71.9 Å². The molecule has 29 heteroatoms. The average Bonchev–Trinajstić information content (AvgIpc) is 0.755. The van der Waals surface area contributed by atoms with Gasteiger partial charge in [-0.1, -0.05) is 221 Å². The molecule has 5 rings (SSSR count). The predicted molar refractivity (Wildman–Crippen MR) is 438 cm³/mol. The number of ether oxygens (including phenoxy) is 4. The van der Waals surface area contributed by atoms with Gasteiger partial charge in [0.2, 0.25) is 53.2 Å². The van der Waals surface area contributed by atoms with Crippen molar-refractivity contribution in [1.29, 1.82) is 0 Å². The van der Waals surface area contributed by atoms with E-state index in [1.807, 2.05) is 130 Å². The van der Waals surface area contributed by atoms with E-state index < -0.39 is 162 Å². The summed E-state index contributed by atoms with van der Waals surface area (Å²) in [5, 5.41) is 27.6. The number of rotatable bonds is 49. The molecule has 0 aliphatic heterocycles. The number of thioether (sulfide) groups is 1. The molecule has 10 N–H and O–H groups in total. The number of hydrogen-bond acceptors (Lipinski definition) is 19. The fourth-order valence-corrected chi connectivity index (χ4v) is 14.1. The zero-order chi connectivity index (χ0) is 82.3. The Bertz CT molecular complexity index is 3730. The maximum absolute atomic E-state index is 15.5. The Labute approximate surface area is 671 Å². The number of carbonyl (C=O) groups excluding carboxylic acids is 12. The van der Waals surface area contributed by atoms with E-state index in [9.17, 15) is 43.2 Å². The third-order valence-electron chi connectivity index (χ3n) is 18.0. The fraction of sp³-hybridized carbons (Fsp3) is 0.494. The number of benzene rings is 5. The van der Waals surface area contributed by atoms with Gasteiger partial charge in [-0.15, -0.1) is 0 Å². The molecule has 0 saturated carbocycles. The second kappa shape index (κ2) is 48.7. The van der Waals surface area contributed by atoms with Crippen LogP contribution in [0.1, 0.15) is 135 Å². The van der Waals surface area contributed by atoms with Gasteiger partial charge in [0.15, 0.2) is 5.78 Å². The van der Waals surface area contributed by atoms with Crippen molar-refractivity contribution in [2.45, 2.75) is 187 Å².